The van der Waals surface area contributed by atoms with Gasteiger partial charge >= 0.3 is 21.9 Å². The zero-order valence-electron chi connectivity index (χ0n) is 12.2. The fourth-order valence-electron chi connectivity index (χ4n) is 1.88. The van der Waals surface area contributed by atoms with Crippen molar-refractivity contribution in [3.8, 4) is 6.07 Å². The summed E-state index contributed by atoms with van der Waals surface area (Å²) < 4.78 is 34.7. The molecule has 6 nitrogen and oxygen atoms in total. The number of carbonyl (C=O) groups is 1. The molecule has 1 atom stereocenters. The van der Waals surface area contributed by atoms with Gasteiger partial charge in [0.15, 0.2) is 0 Å². The molecule has 0 saturated heterocycles. The molecule has 2 aromatic rings. The lowest BCUT2D eigenvalue weighted by atomic mass is 10.1. The van der Waals surface area contributed by atoms with E-state index in [1.807, 2.05) is 0 Å². The molecule has 0 heterocycles. The van der Waals surface area contributed by atoms with Gasteiger partial charge in [-0.15, -0.1) is 0 Å². The highest BCUT2D eigenvalue weighted by atomic mass is 32.2. The van der Waals surface area contributed by atoms with Crippen LogP contribution in [0.3, 0.4) is 0 Å². The van der Waals surface area contributed by atoms with Gasteiger partial charge in [-0.3, -0.25) is 4.79 Å². The molecule has 23 heavy (non-hydrogen) atoms. The highest BCUT2D eigenvalue weighted by Gasteiger charge is 2.43. The van der Waals surface area contributed by atoms with Crippen molar-refractivity contribution in [1.29, 1.82) is 5.26 Å². The molecule has 0 aliphatic heterocycles. The number of nitriles is 1. The molecule has 7 heteroatoms. The van der Waals surface area contributed by atoms with Crippen LogP contribution in [0, 0.1) is 11.3 Å². The van der Waals surface area contributed by atoms with Crippen LogP contribution in [0.15, 0.2) is 65.6 Å². The largest absolute Gasteiger partial charge is 0.414 e. The summed E-state index contributed by atoms with van der Waals surface area (Å²) in [6, 6.07) is 16.6. The first kappa shape index (κ1) is 16.7. The van der Waals surface area contributed by atoms with Crippen LogP contribution in [0.5, 0.6) is 0 Å². The monoisotopic (exact) mass is 331 g/mol. The van der Waals surface area contributed by atoms with Gasteiger partial charge in [-0.1, -0.05) is 48.5 Å². The van der Waals surface area contributed by atoms with E-state index >= 15 is 0 Å². The Morgan fingerprint density at radius 2 is 1.57 bits per heavy atom. The number of carbonyl (C=O) groups excluding carboxylic acids is 1. The number of hydrogen-bond acceptors (Lipinski definition) is 6. The van der Waals surface area contributed by atoms with Crippen LogP contribution in [0.1, 0.15) is 12.5 Å². The molecule has 118 valence electrons. The summed E-state index contributed by atoms with van der Waals surface area (Å²) in [6.45, 7) is 1.06. The van der Waals surface area contributed by atoms with E-state index < -0.39 is 21.9 Å². The van der Waals surface area contributed by atoms with Crippen molar-refractivity contribution in [3.05, 3.63) is 66.2 Å². The maximum atomic E-state index is 12.4. The van der Waals surface area contributed by atoms with Gasteiger partial charge in [0.2, 0.25) is 0 Å². The summed E-state index contributed by atoms with van der Waals surface area (Å²) in [5.41, 5.74) is 0.0946. The second-order valence-corrected chi connectivity index (χ2v) is 6.08. The second kappa shape index (κ2) is 6.60. The Bertz CT molecular complexity index is 828. The number of rotatable bonds is 5. The molecule has 0 saturated carbocycles. The summed E-state index contributed by atoms with van der Waals surface area (Å²) >= 11 is 0. The van der Waals surface area contributed by atoms with Crippen molar-refractivity contribution in [1.82, 2.24) is 0 Å². The van der Waals surface area contributed by atoms with E-state index in [0.29, 0.717) is 0 Å². The molecular weight excluding hydrogens is 318 g/mol. The summed E-state index contributed by atoms with van der Waals surface area (Å²) in [7, 11) is -4.32. The summed E-state index contributed by atoms with van der Waals surface area (Å²) in [5.74, 6) is -3.24. The van der Waals surface area contributed by atoms with Gasteiger partial charge in [-0.05, 0) is 12.1 Å². The van der Waals surface area contributed by atoms with Crippen LogP contribution < -0.4 is 0 Å². The molecule has 0 bridgehead atoms. The molecular formula is C16H13NO5S. The smallest absolute Gasteiger partial charge is 0.344 e. The number of nitrogens with zero attached hydrogens (tertiary/aromatic N) is 1. The molecule has 2 aromatic carbocycles. The molecule has 0 aliphatic rings. The summed E-state index contributed by atoms with van der Waals surface area (Å²) in [5, 5.41) is 9.47. The van der Waals surface area contributed by atoms with Crippen LogP contribution in [-0.2, 0) is 29.6 Å². The molecule has 1 unspecified atom stereocenters. The van der Waals surface area contributed by atoms with Gasteiger partial charge in [0.05, 0.1) is 4.90 Å². The van der Waals surface area contributed by atoms with E-state index in [2.05, 4.69) is 0 Å². The Morgan fingerprint density at radius 1 is 1.04 bits per heavy atom. The van der Waals surface area contributed by atoms with Gasteiger partial charge in [0.1, 0.15) is 6.07 Å². The number of hydrogen-bond donors (Lipinski definition) is 0. The first-order valence-electron chi connectivity index (χ1n) is 6.57. The van der Waals surface area contributed by atoms with E-state index in [4.69, 9.17) is 8.92 Å². The molecule has 2 rings (SSSR count). The van der Waals surface area contributed by atoms with Gasteiger partial charge in [0, 0.05) is 12.5 Å². The number of esters is 1. The number of ether oxygens (including phenoxy) is 1. The van der Waals surface area contributed by atoms with Crippen LogP contribution in [0.4, 0.5) is 0 Å². The van der Waals surface area contributed by atoms with E-state index in [9.17, 15) is 18.5 Å². The fraction of sp³-hybridized carbons (Fsp3) is 0.125. The number of benzene rings is 2. The Labute approximate surface area is 134 Å². The van der Waals surface area contributed by atoms with Crippen LogP contribution >= 0.6 is 0 Å². The summed E-state index contributed by atoms with van der Waals surface area (Å²) in [4.78, 5) is 11.2. The predicted octanol–water partition coefficient (Wildman–Crippen LogP) is 2.33. The predicted molar refractivity (Wildman–Crippen MR) is 80.2 cm³/mol. The zero-order chi connectivity index (χ0) is 16.9. The van der Waals surface area contributed by atoms with E-state index in [-0.39, 0.29) is 10.5 Å². The molecule has 0 N–H and O–H groups in total. The molecule has 0 spiro atoms. The molecule has 0 aromatic heterocycles. The fourth-order valence-corrected chi connectivity index (χ4v) is 2.94. The van der Waals surface area contributed by atoms with Crippen LogP contribution in [-0.4, -0.2) is 14.4 Å². The van der Waals surface area contributed by atoms with Gasteiger partial charge in [-0.2, -0.15) is 13.7 Å². The first-order chi connectivity index (χ1) is 10.9. The Hall–Kier alpha value is -2.69. The van der Waals surface area contributed by atoms with Crippen LogP contribution in [0.25, 0.3) is 0 Å². The maximum Gasteiger partial charge on any atom is 0.344 e. The zero-order valence-corrected chi connectivity index (χ0v) is 13.0. The van der Waals surface area contributed by atoms with Crippen molar-refractivity contribution in [3.63, 3.8) is 0 Å². The van der Waals surface area contributed by atoms with Gasteiger partial charge < -0.3 is 4.74 Å². The molecule has 0 aliphatic carbocycles. The summed E-state index contributed by atoms with van der Waals surface area (Å²) in [6.07, 6.45) is 0. The third kappa shape index (κ3) is 3.74. The quantitative estimate of drug-likeness (QED) is 0.474. The van der Waals surface area contributed by atoms with Crippen LogP contribution in [0.2, 0.25) is 0 Å². The van der Waals surface area contributed by atoms with Gasteiger partial charge in [0.25, 0.3) is 0 Å². The van der Waals surface area contributed by atoms with Crippen molar-refractivity contribution in [2.75, 3.05) is 0 Å². The highest BCUT2D eigenvalue weighted by molar-refractivity contribution is 7.86. The third-order valence-electron chi connectivity index (χ3n) is 2.85. The lowest BCUT2D eigenvalue weighted by molar-refractivity contribution is -0.179. The average molecular weight is 331 g/mol. The minimum atomic E-state index is -4.32. The maximum absolute atomic E-state index is 12.4. The van der Waals surface area contributed by atoms with E-state index in [1.165, 1.54) is 36.4 Å². The topological polar surface area (TPSA) is 93.5 Å². The Balaban J connectivity index is 2.52. The SMILES string of the molecule is CC(=O)OC(C#N)(OS(=O)(=O)c1ccccc1)c1ccccc1. The third-order valence-corrected chi connectivity index (χ3v) is 4.15. The normalized spacial score (nSPS) is 13.6. The molecule has 0 amide bonds. The molecule has 0 fully saturated rings. The minimum absolute atomic E-state index is 0.0946. The Kier molecular flexibility index (Phi) is 4.79. The lowest BCUT2D eigenvalue weighted by Crippen LogP contribution is -2.35. The standard InChI is InChI=1S/C16H13NO5S/c1-13(18)21-16(12-17,14-8-4-2-5-9-14)22-23(19,20)15-10-6-3-7-11-15/h2-11H,1H3. The second-order valence-electron chi connectivity index (χ2n) is 4.54. The van der Waals surface area contributed by atoms with Crippen molar-refractivity contribution < 1.29 is 22.1 Å². The molecule has 0 radical (unpaired) electrons. The highest BCUT2D eigenvalue weighted by Crippen LogP contribution is 2.31. The van der Waals surface area contributed by atoms with Crippen molar-refractivity contribution >= 4 is 16.1 Å². The van der Waals surface area contributed by atoms with E-state index in [1.54, 1.807) is 30.3 Å². The van der Waals surface area contributed by atoms with Crippen molar-refractivity contribution in [2.45, 2.75) is 17.6 Å². The lowest BCUT2D eigenvalue weighted by Gasteiger charge is -2.25. The van der Waals surface area contributed by atoms with Gasteiger partial charge in [-0.25, -0.2) is 4.18 Å². The first-order valence-corrected chi connectivity index (χ1v) is 7.97. The minimum Gasteiger partial charge on any atom is -0.414 e. The average Bonchev–Trinajstić information content (AvgIpc) is 2.55. The Morgan fingerprint density at radius 3 is 2.04 bits per heavy atom. The van der Waals surface area contributed by atoms with Crippen molar-refractivity contribution in [2.24, 2.45) is 0 Å². The van der Waals surface area contributed by atoms with E-state index in [0.717, 1.165) is 6.92 Å².